The largest absolute Gasteiger partial charge is 0.338 e. The number of aryl methyl sites for hydroxylation is 1. The molecule has 5 heteroatoms. The van der Waals surface area contributed by atoms with Gasteiger partial charge < -0.3 is 9.80 Å². The fourth-order valence-corrected chi connectivity index (χ4v) is 5.54. The summed E-state index contributed by atoms with van der Waals surface area (Å²) in [5.41, 5.74) is 4.91. The van der Waals surface area contributed by atoms with Crippen LogP contribution in [0.15, 0.2) is 66.0 Å². The third kappa shape index (κ3) is 3.90. The molecule has 0 aliphatic carbocycles. The zero-order valence-electron chi connectivity index (χ0n) is 17.7. The monoisotopic (exact) mass is 430 g/mol. The van der Waals surface area contributed by atoms with Gasteiger partial charge in [-0.3, -0.25) is 9.59 Å². The van der Waals surface area contributed by atoms with Crippen molar-refractivity contribution in [2.24, 2.45) is 5.92 Å². The fraction of sp³-hybridized carbons (Fsp3) is 0.308. The average Bonchev–Trinajstić information content (AvgIpc) is 3.49. The summed E-state index contributed by atoms with van der Waals surface area (Å²) in [6, 6.07) is 20.6. The van der Waals surface area contributed by atoms with Crippen molar-refractivity contribution in [3.8, 4) is 0 Å². The van der Waals surface area contributed by atoms with Gasteiger partial charge in [0.25, 0.3) is 5.91 Å². The maximum absolute atomic E-state index is 13.7. The molecule has 2 unspecified atom stereocenters. The Labute approximate surface area is 187 Å². The molecular weight excluding hydrogens is 404 g/mol. The number of amides is 2. The molecule has 1 aromatic heterocycles. The maximum Gasteiger partial charge on any atom is 0.263 e. The maximum atomic E-state index is 13.7. The van der Waals surface area contributed by atoms with Crippen molar-refractivity contribution in [2.75, 3.05) is 19.6 Å². The van der Waals surface area contributed by atoms with Crippen LogP contribution in [0.3, 0.4) is 0 Å². The molecule has 0 bridgehead atoms. The van der Waals surface area contributed by atoms with Crippen LogP contribution < -0.4 is 0 Å². The van der Waals surface area contributed by atoms with Gasteiger partial charge in [-0.05, 0) is 41.5 Å². The third-order valence-corrected chi connectivity index (χ3v) is 7.46. The molecule has 3 aromatic rings. The first-order valence-electron chi connectivity index (χ1n) is 10.8. The van der Waals surface area contributed by atoms with Crippen molar-refractivity contribution in [3.63, 3.8) is 0 Å². The molecule has 2 atom stereocenters. The van der Waals surface area contributed by atoms with E-state index in [0.29, 0.717) is 19.6 Å². The van der Waals surface area contributed by atoms with Gasteiger partial charge in [-0.15, -0.1) is 11.3 Å². The summed E-state index contributed by atoms with van der Waals surface area (Å²) in [5.74, 6) is 0.0130. The van der Waals surface area contributed by atoms with Crippen LogP contribution in [0.1, 0.15) is 37.8 Å². The highest BCUT2D eigenvalue weighted by Crippen LogP contribution is 2.36. The summed E-state index contributed by atoms with van der Waals surface area (Å²) in [4.78, 5) is 31.4. The van der Waals surface area contributed by atoms with Gasteiger partial charge in [0, 0.05) is 32.1 Å². The fourth-order valence-electron chi connectivity index (χ4n) is 4.85. The predicted molar refractivity (Wildman–Crippen MR) is 123 cm³/mol. The van der Waals surface area contributed by atoms with Crippen LogP contribution in [-0.4, -0.2) is 41.2 Å². The van der Waals surface area contributed by atoms with Crippen molar-refractivity contribution in [3.05, 3.63) is 93.2 Å². The molecular formula is C26H26N2O2S. The van der Waals surface area contributed by atoms with E-state index >= 15 is 0 Å². The molecule has 0 spiro atoms. The van der Waals surface area contributed by atoms with Gasteiger partial charge in [-0.1, -0.05) is 60.2 Å². The van der Waals surface area contributed by atoms with Gasteiger partial charge in [-0.2, -0.15) is 0 Å². The Morgan fingerprint density at radius 2 is 1.68 bits per heavy atom. The van der Waals surface area contributed by atoms with E-state index in [-0.39, 0.29) is 23.7 Å². The normalized spacial score (nSPS) is 20.5. The molecule has 2 aliphatic heterocycles. The minimum absolute atomic E-state index is 0.0224. The van der Waals surface area contributed by atoms with E-state index in [0.717, 1.165) is 23.4 Å². The number of fused-ring (bicyclic) bond motifs is 1. The Balaban J connectivity index is 1.42. The summed E-state index contributed by atoms with van der Waals surface area (Å²) >= 11 is 1.46. The molecule has 4 nitrogen and oxygen atoms in total. The number of benzene rings is 2. The SMILES string of the molecule is Cc1ccc(C2CN(C(=O)c3cccs3)CC2C(=O)N2CCc3ccccc3C2)cc1. The van der Waals surface area contributed by atoms with E-state index in [2.05, 4.69) is 49.4 Å². The van der Waals surface area contributed by atoms with Gasteiger partial charge in [0.15, 0.2) is 0 Å². The Morgan fingerprint density at radius 1 is 0.903 bits per heavy atom. The Bertz CT molecular complexity index is 1090. The molecule has 0 N–H and O–H groups in total. The van der Waals surface area contributed by atoms with E-state index in [1.54, 1.807) is 0 Å². The number of nitrogens with zero attached hydrogens (tertiary/aromatic N) is 2. The lowest BCUT2D eigenvalue weighted by Crippen LogP contribution is -2.42. The number of hydrogen-bond acceptors (Lipinski definition) is 3. The summed E-state index contributed by atoms with van der Waals surface area (Å²) in [5, 5.41) is 1.93. The minimum atomic E-state index is -0.211. The van der Waals surface area contributed by atoms with Crippen LogP contribution in [-0.2, 0) is 17.8 Å². The summed E-state index contributed by atoms with van der Waals surface area (Å²) < 4.78 is 0. The highest BCUT2D eigenvalue weighted by molar-refractivity contribution is 7.12. The Kier molecular flexibility index (Phi) is 5.36. The number of hydrogen-bond donors (Lipinski definition) is 0. The lowest BCUT2D eigenvalue weighted by Gasteiger charge is -2.32. The van der Waals surface area contributed by atoms with Crippen LogP contribution >= 0.6 is 11.3 Å². The smallest absolute Gasteiger partial charge is 0.263 e. The molecule has 0 saturated carbocycles. The molecule has 2 aromatic carbocycles. The van der Waals surface area contributed by atoms with Crippen LogP contribution in [0.4, 0.5) is 0 Å². The van der Waals surface area contributed by atoms with Crippen molar-refractivity contribution in [2.45, 2.75) is 25.8 Å². The first-order valence-corrected chi connectivity index (χ1v) is 11.7. The van der Waals surface area contributed by atoms with E-state index in [1.165, 1.54) is 28.0 Å². The summed E-state index contributed by atoms with van der Waals surface area (Å²) in [7, 11) is 0. The van der Waals surface area contributed by atoms with E-state index in [4.69, 9.17) is 0 Å². The zero-order valence-corrected chi connectivity index (χ0v) is 18.5. The molecule has 2 aliphatic rings. The summed E-state index contributed by atoms with van der Waals surface area (Å²) in [6.45, 7) is 4.53. The molecule has 3 heterocycles. The molecule has 2 amide bonds. The lowest BCUT2D eigenvalue weighted by molar-refractivity contribution is -0.136. The number of thiophene rings is 1. The van der Waals surface area contributed by atoms with E-state index in [1.807, 2.05) is 33.4 Å². The highest BCUT2D eigenvalue weighted by Gasteiger charge is 2.42. The van der Waals surface area contributed by atoms with Crippen LogP contribution in [0.25, 0.3) is 0 Å². The molecule has 5 rings (SSSR count). The zero-order chi connectivity index (χ0) is 21.4. The quantitative estimate of drug-likeness (QED) is 0.614. The second-order valence-electron chi connectivity index (χ2n) is 8.59. The first-order chi connectivity index (χ1) is 15.1. The van der Waals surface area contributed by atoms with E-state index < -0.39 is 0 Å². The number of carbonyl (C=O) groups excluding carboxylic acids is 2. The Morgan fingerprint density at radius 3 is 2.42 bits per heavy atom. The average molecular weight is 431 g/mol. The third-order valence-electron chi connectivity index (χ3n) is 6.60. The topological polar surface area (TPSA) is 40.6 Å². The predicted octanol–water partition coefficient (Wildman–Crippen LogP) is 4.50. The van der Waals surface area contributed by atoms with E-state index in [9.17, 15) is 9.59 Å². The first kappa shape index (κ1) is 20.0. The standard InChI is InChI=1S/C26H26N2O2S/c1-18-8-10-20(11-9-18)22-16-28(26(30)24-7-4-14-31-24)17-23(22)25(29)27-13-12-19-5-2-3-6-21(19)15-27/h2-11,14,22-23H,12-13,15-17H2,1H3. The highest BCUT2D eigenvalue weighted by atomic mass is 32.1. The number of likely N-dealkylation sites (tertiary alicyclic amines) is 1. The molecule has 31 heavy (non-hydrogen) atoms. The van der Waals surface area contributed by atoms with Crippen molar-refractivity contribution in [1.29, 1.82) is 0 Å². The van der Waals surface area contributed by atoms with Crippen molar-refractivity contribution >= 4 is 23.2 Å². The molecule has 158 valence electrons. The van der Waals surface area contributed by atoms with Gasteiger partial charge >= 0.3 is 0 Å². The minimum Gasteiger partial charge on any atom is -0.338 e. The molecule has 1 fully saturated rings. The van der Waals surface area contributed by atoms with Crippen LogP contribution in [0.2, 0.25) is 0 Å². The van der Waals surface area contributed by atoms with Crippen LogP contribution in [0, 0.1) is 12.8 Å². The molecule has 0 radical (unpaired) electrons. The second-order valence-corrected chi connectivity index (χ2v) is 9.54. The van der Waals surface area contributed by atoms with Crippen molar-refractivity contribution in [1.82, 2.24) is 9.80 Å². The van der Waals surface area contributed by atoms with Crippen molar-refractivity contribution < 1.29 is 9.59 Å². The van der Waals surface area contributed by atoms with Gasteiger partial charge in [0.05, 0.1) is 10.8 Å². The summed E-state index contributed by atoms with van der Waals surface area (Å²) in [6.07, 6.45) is 0.891. The van der Waals surface area contributed by atoms with Crippen LogP contribution in [0.5, 0.6) is 0 Å². The number of carbonyl (C=O) groups is 2. The second kappa shape index (κ2) is 8.31. The van der Waals surface area contributed by atoms with Gasteiger partial charge in [0.1, 0.15) is 0 Å². The van der Waals surface area contributed by atoms with Gasteiger partial charge in [0.2, 0.25) is 5.91 Å². The number of rotatable bonds is 3. The Hall–Kier alpha value is -2.92. The molecule has 1 saturated heterocycles. The van der Waals surface area contributed by atoms with Gasteiger partial charge in [-0.25, -0.2) is 0 Å². The lowest BCUT2D eigenvalue weighted by atomic mass is 9.87.